The van der Waals surface area contributed by atoms with Crippen LogP contribution in [0, 0.1) is 12.8 Å². The molecule has 86 valence electrons. The first-order chi connectivity index (χ1) is 7.69. The Kier molecular flexibility index (Phi) is 3.14. The maximum absolute atomic E-state index is 11.6. The molecule has 1 amide bonds. The average molecular weight is 220 g/mol. The molecular formula is C11H16N4O. The summed E-state index contributed by atoms with van der Waals surface area (Å²) in [7, 11) is 0. The van der Waals surface area contributed by atoms with Gasteiger partial charge in [0.1, 0.15) is 0 Å². The number of hydrogen-bond donors (Lipinski definition) is 1. The lowest BCUT2D eigenvalue weighted by Gasteiger charge is -2.15. The molecule has 0 radical (unpaired) electrons. The molecule has 1 fully saturated rings. The van der Waals surface area contributed by atoms with Crippen molar-refractivity contribution in [2.75, 3.05) is 13.1 Å². The van der Waals surface area contributed by atoms with Crippen LogP contribution in [0.3, 0.4) is 0 Å². The molecule has 0 bridgehead atoms. The largest absolute Gasteiger partial charge is 0.336 e. The van der Waals surface area contributed by atoms with Gasteiger partial charge in [0.2, 0.25) is 5.91 Å². The highest BCUT2D eigenvalue weighted by molar-refractivity contribution is 5.78. The maximum atomic E-state index is 11.6. The third-order valence-electron chi connectivity index (χ3n) is 2.82. The smallest absolute Gasteiger partial charge is 0.223 e. The molecule has 1 aliphatic rings. The lowest BCUT2D eigenvalue weighted by atomic mass is 10.1. The average Bonchev–Trinajstić information content (AvgIpc) is 2.63. The Morgan fingerprint density at radius 3 is 2.88 bits per heavy atom. The molecule has 2 rings (SSSR count). The summed E-state index contributed by atoms with van der Waals surface area (Å²) in [6, 6.07) is 0. The zero-order valence-corrected chi connectivity index (χ0v) is 9.39. The van der Waals surface area contributed by atoms with E-state index in [1.165, 1.54) is 0 Å². The fourth-order valence-corrected chi connectivity index (χ4v) is 1.86. The molecule has 1 unspecified atom stereocenters. The fourth-order valence-electron chi connectivity index (χ4n) is 1.86. The van der Waals surface area contributed by atoms with Crippen LogP contribution in [0.4, 0.5) is 0 Å². The molecule has 0 aliphatic carbocycles. The summed E-state index contributed by atoms with van der Waals surface area (Å²) in [6.07, 6.45) is 4.00. The van der Waals surface area contributed by atoms with Crippen molar-refractivity contribution in [3.63, 3.8) is 0 Å². The van der Waals surface area contributed by atoms with Crippen molar-refractivity contribution in [3.05, 3.63) is 23.8 Å². The molecule has 2 heterocycles. The van der Waals surface area contributed by atoms with Crippen molar-refractivity contribution in [2.24, 2.45) is 11.7 Å². The molecule has 0 spiro atoms. The molecule has 1 aromatic rings. The second-order valence-corrected chi connectivity index (χ2v) is 4.23. The van der Waals surface area contributed by atoms with Crippen molar-refractivity contribution in [3.8, 4) is 0 Å². The summed E-state index contributed by atoms with van der Waals surface area (Å²) in [6.45, 7) is 3.75. The van der Waals surface area contributed by atoms with Crippen molar-refractivity contribution in [2.45, 2.75) is 19.9 Å². The van der Waals surface area contributed by atoms with E-state index in [1.54, 1.807) is 17.3 Å². The molecule has 16 heavy (non-hydrogen) atoms. The van der Waals surface area contributed by atoms with Crippen LogP contribution in [-0.4, -0.2) is 33.9 Å². The van der Waals surface area contributed by atoms with E-state index >= 15 is 0 Å². The maximum Gasteiger partial charge on any atom is 0.223 e. The van der Waals surface area contributed by atoms with Crippen LogP contribution in [0.2, 0.25) is 0 Å². The van der Waals surface area contributed by atoms with Crippen LogP contribution in [0.1, 0.15) is 17.8 Å². The van der Waals surface area contributed by atoms with Gasteiger partial charge in [-0.2, -0.15) is 0 Å². The zero-order chi connectivity index (χ0) is 11.5. The van der Waals surface area contributed by atoms with E-state index in [2.05, 4.69) is 9.97 Å². The number of hydrogen-bond acceptors (Lipinski definition) is 4. The van der Waals surface area contributed by atoms with Crippen LogP contribution >= 0.6 is 0 Å². The Bertz CT molecular complexity index is 376. The van der Waals surface area contributed by atoms with Gasteiger partial charge in [0.05, 0.1) is 24.1 Å². The summed E-state index contributed by atoms with van der Waals surface area (Å²) in [4.78, 5) is 21.8. The summed E-state index contributed by atoms with van der Waals surface area (Å²) < 4.78 is 0. The first-order valence-electron chi connectivity index (χ1n) is 5.44. The Morgan fingerprint density at radius 2 is 2.31 bits per heavy atom. The number of likely N-dealkylation sites (tertiary alicyclic amines) is 1. The third kappa shape index (κ3) is 2.36. The summed E-state index contributed by atoms with van der Waals surface area (Å²) in [5, 5.41) is 0. The second kappa shape index (κ2) is 4.57. The minimum Gasteiger partial charge on any atom is -0.336 e. The molecule has 1 saturated heterocycles. The van der Waals surface area contributed by atoms with Gasteiger partial charge in [-0.05, 0) is 19.4 Å². The lowest BCUT2D eigenvalue weighted by molar-refractivity contribution is -0.128. The van der Waals surface area contributed by atoms with E-state index in [1.807, 2.05) is 6.92 Å². The van der Waals surface area contributed by atoms with Gasteiger partial charge >= 0.3 is 0 Å². The van der Waals surface area contributed by atoms with E-state index in [-0.39, 0.29) is 5.91 Å². The van der Waals surface area contributed by atoms with Gasteiger partial charge in [0, 0.05) is 19.2 Å². The molecule has 1 aromatic heterocycles. The zero-order valence-electron chi connectivity index (χ0n) is 9.39. The van der Waals surface area contributed by atoms with Gasteiger partial charge in [-0.25, -0.2) is 0 Å². The summed E-state index contributed by atoms with van der Waals surface area (Å²) in [5.74, 6) is 0.462. The van der Waals surface area contributed by atoms with Crippen molar-refractivity contribution < 1.29 is 4.79 Å². The number of nitrogens with two attached hydrogens (primary N) is 1. The Hall–Kier alpha value is -1.49. The SMILES string of the molecule is Cc1cnc(CN2CC(CN)CC2=O)cn1. The van der Waals surface area contributed by atoms with Crippen LogP contribution in [0.15, 0.2) is 12.4 Å². The van der Waals surface area contributed by atoms with Crippen molar-refractivity contribution in [1.29, 1.82) is 0 Å². The quantitative estimate of drug-likeness (QED) is 0.783. The first kappa shape index (κ1) is 11.0. The third-order valence-corrected chi connectivity index (χ3v) is 2.82. The van der Waals surface area contributed by atoms with Gasteiger partial charge < -0.3 is 10.6 Å². The number of aryl methyl sites for hydroxylation is 1. The number of nitrogens with zero attached hydrogens (tertiary/aromatic N) is 3. The van der Waals surface area contributed by atoms with E-state index < -0.39 is 0 Å². The monoisotopic (exact) mass is 220 g/mol. The fraction of sp³-hybridized carbons (Fsp3) is 0.545. The molecule has 1 atom stereocenters. The van der Waals surface area contributed by atoms with Gasteiger partial charge in [0.25, 0.3) is 0 Å². The van der Waals surface area contributed by atoms with E-state index in [0.29, 0.717) is 25.4 Å². The number of carbonyl (C=O) groups excluding carboxylic acids is 1. The molecular weight excluding hydrogens is 204 g/mol. The molecule has 2 N–H and O–H groups in total. The predicted molar refractivity (Wildman–Crippen MR) is 59.3 cm³/mol. The molecule has 5 heteroatoms. The van der Waals surface area contributed by atoms with Gasteiger partial charge in [-0.15, -0.1) is 0 Å². The van der Waals surface area contributed by atoms with E-state index in [0.717, 1.165) is 17.9 Å². The highest BCUT2D eigenvalue weighted by Crippen LogP contribution is 2.18. The van der Waals surface area contributed by atoms with Crippen molar-refractivity contribution in [1.82, 2.24) is 14.9 Å². The number of amides is 1. The summed E-state index contributed by atoms with van der Waals surface area (Å²) in [5.41, 5.74) is 7.28. The van der Waals surface area contributed by atoms with Gasteiger partial charge in [0.15, 0.2) is 0 Å². The van der Waals surface area contributed by atoms with Gasteiger partial charge in [-0.1, -0.05) is 0 Å². The first-order valence-corrected chi connectivity index (χ1v) is 5.44. The van der Waals surface area contributed by atoms with Crippen LogP contribution < -0.4 is 5.73 Å². The second-order valence-electron chi connectivity index (χ2n) is 4.23. The van der Waals surface area contributed by atoms with Crippen LogP contribution in [0.5, 0.6) is 0 Å². The Balaban J connectivity index is 2.00. The van der Waals surface area contributed by atoms with Gasteiger partial charge in [-0.3, -0.25) is 14.8 Å². The van der Waals surface area contributed by atoms with E-state index in [4.69, 9.17) is 5.73 Å². The van der Waals surface area contributed by atoms with Crippen molar-refractivity contribution >= 4 is 5.91 Å². The standard InChI is InChI=1S/C11H16N4O/c1-8-4-14-10(5-13-8)7-15-6-9(3-12)2-11(15)16/h4-5,9H,2-3,6-7,12H2,1H3. The van der Waals surface area contributed by atoms with Crippen LogP contribution in [0.25, 0.3) is 0 Å². The number of carbonyl (C=O) groups is 1. The minimum absolute atomic E-state index is 0.165. The summed E-state index contributed by atoms with van der Waals surface area (Å²) >= 11 is 0. The number of aromatic nitrogens is 2. The molecule has 1 aliphatic heterocycles. The topological polar surface area (TPSA) is 72.1 Å². The highest BCUT2D eigenvalue weighted by Gasteiger charge is 2.28. The van der Waals surface area contributed by atoms with E-state index in [9.17, 15) is 4.79 Å². The lowest BCUT2D eigenvalue weighted by Crippen LogP contribution is -2.26. The molecule has 0 aromatic carbocycles. The van der Waals surface area contributed by atoms with Crippen LogP contribution in [-0.2, 0) is 11.3 Å². The predicted octanol–water partition coefficient (Wildman–Crippen LogP) is 0.0922. The Labute approximate surface area is 94.7 Å². The Morgan fingerprint density at radius 1 is 1.50 bits per heavy atom. The molecule has 5 nitrogen and oxygen atoms in total. The molecule has 0 saturated carbocycles. The minimum atomic E-state index is 0.165. The highest BCUT2D eigenvalue weighted by atomic mass is 16.2. The number of rotatable bonds is 3. The normalized spacial score (nSPS) is 20.5.